The van der Waals surface area contributed by atoms with E-state index in [-0.39, 0.29) is 11.9 Å². The Labute approximate surface area is 244 Å². The fourth-order valence-electron chi connectivity index (χ4n) is 4.10. The number of anilines is 1. The van der Waals surface area contributed by atoms with Crippen LogP contribution in [0.25, 0.3) is 0 Å². The zero-order valence-electron chi connectivity index (χ0n) is 23.1. The predicted octanol–water partition coefficient (Wildman–Crippen LogP) is 6.61. The summed E-state index contributed by atoms with van der Waals surface area (Å²) in [5, 5.41) is 4.04. The van der Waals surface area contributed by atoms with E-state index in [0.717, 1.165) is 35.5 Å². The van der Waals surface area contributed by atoms with E-state index in [1.807, 2.05) is 86.8 Å². The van der Waals surface area contributed by atoms with Crippen LogP contribution in [-0.4, -0.2) is 43.7 Å². The number of halogens is 1. The van der Waals surface area contributed by atoms with Gasteiger partial charge in [0.2, 0.25) is 0 Å². The molecular weight excluding hydrogens is 544 g/mol. The number of rotatable bonds is 12. The van der Waals surface area contributed by atoms with Crippen molar-refractivity contribution in [1.29, 1.82) is 0 Å². The van der Waals surface area contributed by atoms with Gasteiger partial charge in [-0.3, -0.25) is 4.79 Å². The van der Waals surface area contributed by atoms with E-state index in [2.05, 4.69) is 15.2 Å². The Morgan fingerprint density at radius 1 is 0.950 bits per heavy atom. The summed E-state index contributed by atoms with van der Waals surface area (Å²) in [6.45, 7) is 2.71. The van der Waals surface area contributed by atoms with Crippen molar-refractivity contribution in [2.45, 2.75) is 30.3 Å². The average molecular weight is 577 g/mol. The Morgan fingerprint density at radius 3 is 2.35 bits per heavy atom. The number of nitrogens with one attached hydrogen (secondary N) is 1. The number of amides is 1. The number of benzene rings is 3. The lowest BCUT2D eigenvalue weighted by molar-refractivity contribution is 0.0940. The molecule has 1 heterocycles. The lowest BCUT2D eigenvalue weighted by atomic mass is 10.1. The summed E-state index contributed by atoms with van der Waals surface area (Å²) in [6.07, 6.45) is 0.797. The van der Waals surface area contributed by atoms with Crippen LogP contribution >= 0.6 is 23.4 Å². The average Bonchev–Trinajstić information content (AvgIpc) is 2.99. The molecule has 0 fully saturated rings. The van der Waals surface area contributed by atoms with Gasteiger partial charge in [-0.05, 0) is 54.3 Å². The van der Waals surface area contributed by atoms with E-state index in [4.69, 9.17) is 26.1 Å². The summed E-state index contributed by atoms with van der Waals surface area (Å²) in [6, 6.07) is 25.1. The number of likely N-dealkylation sites (N-methyl/N-ethyl adjacent to an activating group) is 1. The van der Waals surface area contributed by atoms with Crippen LogP contribution in [0.15, 0.2) is 84.0 Å². The summed E-state index contributed by atoms with van der Waals surface area (Å²) in [4.78, 5) is 23.9. The molecular formula is C31H33ClN4O3S. The van der Waals surface area contributed by atoms with Crippen LogP contribution in [-0.2, 0) is 12.2 Å². The van der Waals surface area contributed by atoms with Crippen LogP contribution in [0.3, 0.4) is 0 Å². The second-order valence-corrected chi connectivity index (χ2v) is 10.6. The highest BCUT2D eigenvalue weighted by Gasteiger charge is 2.13. The maximum absolute atomic E-state index is 12.7. The molecule has 0 aliphatic heterocycles. The van der Waals surface area contributed by atoms with Crippen LogP contribution in [0.4, 0.5) is 5.82 Å². The minimum absolute atomic E-state index is 0.0738. The molecule has 0 radical (unpaired) electrons. The molecule has 7 nitrogen and oxygen atoms in total. The number of hydrogen-bond donors (Lipinski definition) is 1. The number of hydrogen-bond acceptors (Lipinski definition) is 7. The number of carbonyl (C=O) groups is 1. The smallest absolute Gasteiger partial charge is 0.251 e. The van der Waals surface area contributed by atoms with E-state index < -0.39 is 0 Å². The highest BCUT2D eigenvalue weighted by atomic mass is 35.5. The third-order valence-corrected chi connectivity index (χ3v) is 7.58. The van der Waals surface area contributed by atoms with Crippen molar-refractivity contribution in [3.63, 3.8) is 0 Å². The zero-order valence-corrected chi connectivity index (χ0v) is 24.6. The minimum Gasteiger partial charge on any atom is -0.493 e. The highest BCUT2D eigenvalue weighted by molar-refractivity contribution is 7.98. The van der Waals surface area contributed by atoms with Crippen LogP contribution in [0.5, 0.6) is 11.5 Å². The van der Waals surface area contributed by atoms with E-state index in [1.54, 1.807) is 20.3 Å². The van der Waals surface area contributed by atoms with E-state index in [0.29, 0.717) is 33.1 Å². The van der Waals surface area contributed by atoms with Gasteiger partial charge in [-0.15, -0.1) is 0 Å². The van der Waals surface area contributed by atoms with Crippen molar-refractivity contribution in [1.82, 2.24) is 15.3 Å². The lowest BCUT2D eigenvalue weighted by Crippen LogP contribution is -2.26. The monoisotopic (exact) mass is 576 g/mol. The Kier molecular flexibility index (Phi) is 10.3. The molecule has 40 heavy (non-hydrogen) atoms. The third-order valence-electron chi connectivity index (χ3n) is 6.47. The molecule has 1 unspecified atom stereocenters. The topological polar surface area (TPSA) is 76.6 Å². The number of aromatic nitrogens is 2. The van der Waals surface area contributed by atoms with Crippen molar-refractivity contribution in [2.24, 2.45) is 0 Å². The Balaban J connectivity index is 1.32. The molecule has 1 atom stereocenters. The minimum atomic E-state index is -0.102. The third kappa shape index (κ3) is 7.90. The molecule has 1 amide bonds. The number of methoxy groups -OCH3 is 2. The summed E-state index contributed by atoms with van der Waals surface area (Å²) in [7, 11) is 5.24. The molecule has 0 aliphatic rings. The van der Waals surface area contributed by atoms with E-state index >= 15 is 0 Å². The molecule has 208 valence electrons. The number of carbonyl (C=O) groups excluding carboxylic acids is 1. The quantitative estimate of drug-likeness (QED) is 0.115. The molecule has 9 heteroatoms. The van der Waals surface area contributed by atoms with Gasteiger partial charge in [0, 0.05) is 31.0 Å². The summed E-state index contributed by atoms with van der Waals surface area (Å²) >= 11 is 7.84. The second-order valence-electron chi connectivity index (χ2n) is 9.28. The lowest BCUT2D eigenvalue weighted by Gasteiger charge is -2.19. The van der Waals surface area contributed by atoms with Crippen LogP contribution in [0.1, 0.15) is 40.0 Å². The van der Waals surface area contributed by atoms with Crippen LogP contribution in [0, 0.1) is 0 Å². The number of ether oxygens (including phenoxy) is 2. The summed E-state index contributed by atoms with van der Waals surface area (Å²) < 4.78 is 10.7. The molecule has 0 bridgehead atoms. The molecule has 0 aliphatic carbocycles. The Hall–Kier alpha value is -3.75. The normalized spacial score (nSPS) is 11.5. The van der Waals surface area contributed by atoms with Gasteiger partial charge in [-0.2, -0.15) is 0 Å². The summed E-state index contributed by atoms with van der Waals surface area (Å²) in [5.41, 5.74) is 3.88. The Morgan fingerprint density at radius 2 is 1.65 bits per heavy atom. The van der Waals surface area contributed by atoms with Gasteiger partial charge < -0.3 is 19.7 Å². The first kappa shape index (κ1) is 29.2. The van der Waals surface area contributed by atoms with Gasteiger partial charge in [0.1, 0.15) is 11.0 Å². The van der Waals surface area contributed by atoms with Gasteiger partial charge in [-0.25, -0.2) is 9.97 Å². The molecule has 4 rings (SSSR count). The largest absolute Gasteiger partial charge is 0.493 e. The molecule has 1 aromatic heterocycles. The van der Waals surface area contributed by atoms with Crippen molar-refractivity contribution in [2.75, 3.05) is 32.7 Å². The first-order valence-electron chi connectivity index (χ1n) is 12.9. The van der Waals surface area contributed by atoms with Crippen molar-refractivity contribution < 1.29 is 14.3 Å². The molecule has 4 aromatic rings. The van der Waals surface area contributed by atoms with Crippen molar-refractivity contribution >= 4 is 35.1 Å². The van der Waals surface area contributed by atoms with E-state index in [1.165, 1.54) is 11.8 Å². The van der Waals surface area contributed by atoms with Gasteiger partial charge in [0.05, 0.1) is 20.3 Å². The fraction of sp³-hybridized carbons (Fsp3) is 0.258. The van der Waals surface area contributed by atoms with Gasteiger partial charge in [-0.1, -0.05) is 71.9 Å². The standard InChI is InChI=1S/C31H33ClN4O3S/c1-21(24-8-6-5-7-9-24)33-30(37)25-13-10-23(11-14-25)20-40-31-34-28(32)19-29(35-31)36(2)17-16-22-12-15-26(38-3)27(18-22)39-4/h5-15,18-19,21H,16-17,20H2,1-4H3,(H,33,37). The van der Waals surface area contributed by atoms with Crippen LogP contribution < -0.4 is 19.7 Å². The predicted molar refractivity (Wildman–Crippen MR) is 162 cm³/mol. The van der Waals surface area contributed by atoms with Gasteiger partial charge >= 0.3 is 0 Å². The Bertz CT molecular complexity index is 1420. The summed E-state index contributed by atoms with van der Waals surface area (Å²) in [5.74, 6) is 2.72. The number of thioether (sulfide) groups is 1. The molecule has 1 N–H and O–H groups in total. The van der Waals surface area contributed by atoms with Gasteiger partial charge in [0.25, 0.3) is 5.91 Å². The molecule has 0 saturated carbocycles. The zero-order chi connectivity index (χ0) is 28.5. The molecule has 0 spiro atoms. The second kappa shape index (κ2) is 14.1. The molecule has 3 aromatic carbocycles. The van der Waals surface area contributed by atoms with E-state index in [9.17, 15) is 4.79 Å². The van der Waals surface area contributed by atoms with Crippen molar-refractivity contribution in [3.8, 4) is 11.5 Å². The maximum atomic E-state index is 12.7. The first-order valence-corrected chi connectivity index (χ1v) is 14.3. The van der Waals surface area contributed by atoms with Crippen LogP contribution in [0.2, 0.25) is 5.15 Å². The molecule has 0 saturated heterocycles. The van der Waals surface area contributed by atoms with Gasteiger partial charge in [0.15, 0.2) is 16.7 Å². The highest BCUT2D eigenvalue weighted by Crippen LogP contribution is 2.28. The number of nitrogens with zero attached hydrogens (tertiary/aromatic N) is 3. The SMILES string of the molecule is COc1ccc(CCN(C)c2cc(Cl)nc(SCc3ccc(C(=O)NC(C)c4ccccc4)cc3)n2)cc1OC. The van der Waals surface area contributed by atoms with Crippen molar-refractivity contribution in [3.05, 3.63) is 106 Å². The fourth-order valence-corrected chi connectivity index (χ4v) is 5.14. The maximum Gasteiger partial charge on any atom is 0.251 e. The first-order chi connectivity index (χ1) is 19.4.